The molecule has 0 aliphatic rings. The van der Waals surface area contributed by atoms with E-state index in [2.05, 4.69) is 18.8 Å². The molecule has 2 rings (SSSR count). The average Bonchev–Trinajstić information content (AvgIpc) is 2.66. The van der Waals surface area contributed by atoms with Gasteiger partial charge in [0, 0.05) is 0 Å². The normalized spacial score (nSPS) is 12.8. The van der Waals surface area contributed by atoms with E-state index in [-0.39, 0.29) is 12.1 Å². The molecular weight excluding hydrogens is 260 g/mol. The zero-order chi connectivity index (χ0) is 14.0. The van der Waals surface area contributed by atoms with Crippen LogP contribution in [0.15, 0.2) is 18.2 Å². The molecule has 0 bridgehead atoms. The van der Waals surface area contributed by atoms with Crippen LogP contribution in [-0.2, 0) is 4.74 Å². The number of anilines is 1. The minimum absolute atomic E-state index is 0.0743. The Kier molecular flexibility index (Phi) is 4.04. The summed E-state index contributed by atoms with van der Waals surface area (Å²) in [5, 5.41) is 0.508. The standard InChI is InChI=1S/C14H18N2O2S/c1-8(2)6-9(3)18-13(17)10-4-5-11-12(7-10)19-14(15)16-11/h4-5,7-9H,6H2,1-3H3,(H2,15,16). The first-order valence-corrected chi connectivity index (χ1v) is 7.14. The van der Waals surface area contributed by atoms with Crippen molar-refractivity contribution in [2.75, 3.05) is 5.73 Å². The summed E-state index contributed by atoms with van der Waals surface area (Å²) in [7, 11) is 0. The summed E-state index contributed by atoms with van der Waals surface area (Å²) < 4.78 is 6.32. The third-order valence-corrected chi connectivity index (χ3v) is 3.60. The Morgan fingerprint density at radius 1 is 1.42 bits per heavy atom. The maximum atomic E-state index is 12.0. The first-order valence-electron chi connectivity index (χ1n) is 6.32. The quantitative estimate of drug-likeness (QED) is 0.870. The van der Waals surface area contributed by atoms with Gasteiger partial charge in [0.1, 0.15) is 0 Å². The van der Waals surface area contributed by atoms with Crippen LogP contribution < -0.4 is 5.73 Å². The van der Waals surface area contributed by atoms with Crippen LogP contribution in [0.1, 0.15) is 37.6 Å². The number of carbonyl (C=O) groups excluding carboxylic acids is 1. The monoisotopic (exact) mass is 278 g/mol. The fraction of sp³-hybridized carbons (Fsp3) is 0.429. The van der Waals surface area contributed by atoms with Gasteiger partial charge in [-0.25, -0.2) is 9.78 Å². The Bertz CT molecular complexity index is 592. The van der Waals surface area contributed by atoms with Gasteiger partial charge in [0.05, 0.1) is 21.9 Å². The van der Waals surface area contributed by atoms with Crippen molar-refractivity contribution in [3.05, 3.63) is 23.8 Å². The van der Waals surface area contributed by atoms with Crippen molar-refractivity contribution in [1.29, 1.82) is 0 Å². The van der Waals surface area contributed by atoms with Gasteiger partial charge in [0.2, 0.25) is 0 Å². The van der Waals surface area contributed by atoms with Gasteiger partial charge in [-0.05, 0) is 37.5 Å². The highest BCUT2D eigenvalue weighted by atomic mass is 32.1. The van der Waals surface area contributed by atoms with E-state index in [0.29, 0.717) is 16.6 Å². The number of nitrogens with two attached hydrogens (primary N) is 1. The molecule has 0 spiro atoms. The second kappa shape index (κ2) is 5.57. The maximum Gasteiger partial charge on any atom is 0.338 e. The highest BCUT2D eigenvalue weighted by Gasteiger charge is 2.14. The van der Waals surface area contributed by atoms with Crippen LogP contribution in [0.5, 0.6) is 0 Å². The van der Waals surface area contributed by atoms with Gasteiger partial charge in [0.15, 0.2) is 5.13 Å². The van der Waals surface area contributed by atoms with E-state index in [9.17, 15) is 4.79 Å². The van der Waals surface area contributed by atoms with Crippen LogP contribution >= 0.6 is 11.3 Å². The smallest absolute Gasteiger partial charge is 0.338 e. The van der Waals surface area contributed by atoms with Crippen LogP contribution in [0.2, 0.25) is 0 Å². The van der Waals surface area contributed by atoms with E-state index in [0.717, 1.165) is 16.6 Å². The highest BCUT2D eigenvalue weighted by molar-refractivity contribution is 7.22. The summed E-state index contributed by atoms with van der Waals surface area (Å²) in [6, 6.07) is 5.31. The number of thiazole rings is 1. The second-order valence-electron chi connectivity index (χ2n) is 5.08. The molecule has 1 atom stereocenters. The van der Waals surface area contributed by atoms with E-state index in [1.807, 2.05) is 6.92 Å². The summed E-state index contributed by atoms with van der Waals surface area (Å²) in [5.74, 6) is 0.216. The SMILES string of the molecule is CC(C)CC(C)OC(=O)c1ccc2nc(N)sc2c1. The predicted molar refractivity (Wildman–Crippen MR) is 78.4 cm³/mol. The van der Waals surface area contributed by atoms with Gasteiger partial charge >= 0.3 is 5.97 Å². The topological polar surface area (TPSA) is 65.2 Å². The molecule has 1 heterocycles. The number of benzene rings is 1. The fourth-order valence-corrected chi connectivity index (χ4v) is 2.81. The summed E-state index contributed by atoms with van der Waals surface area (Å²) in [6.45, 7) is 6.13. The van der Waals surface area contributed by atoms with Crippen molar-refractivity contribution in [1.82, 2.24) is 4.98 Å². The van der Waals surface area contributed by atoms with Gasteiger partial charge < -0.3 is 10.5 Å². The maximum absolute atomic E-state index is 12.0. The number of esters is 1. The van der Waals surface area contributed by atoms with Crippen LogP contribution in [0.3, 0.4) is 0 Å². The third kappa shape index (κ3) is 3.44. The molecule has 0 aliphatic carbocycles. The Labute approximate surface area is 116 Å². The molecule has 102 valence electrons. The Morgan fingerprint density at radius 3 is 2.84 bits per heavy atom. The van der Waals surface area contributed by atoms with Gasteiger partial charge in [-0.1, -0.05) is 25.2 Å². The number of nitrogens with zero attached hydrogens (tertiary/aromatic N) is 1. The first kappa shape index (κ1) is 13.8. The number of nitrogen functional groups attached to an aromatic ring is 1. The van der Waals surface area contributed by atoms with Gasteiger partial charge in [-0.2, -0.15) is 0 Å². The lowest BCUT2D eigenvalue weighted by atomic mass is 10.1. The Morgan fingerprint density at radius 2 is 2.16 bits per heavy atom. The highest BCUT2D eigenvalue weighted by Crippen LogP contribution is 2.25. The molecule has 5 heteroatoms. The molecule has 0 saturated heterocycles. The molecule has 0 radical (unpaired) electrons. The molecule has 2 aromatic rings. The zero-order valence-electron chi connectivity index (χ0n) is 11.3. The Balaban J connectivity index is 2.12. The molecule has 0 fully saturated rings. The van der Waals surface area contributed by atoms with Crippen molar-refractivity contribution in [2.45, 2.75) is 33.3 Å². The summed E-state index contributed by atoms with van der Waals surface area (Å²) in [6.07, 6.45) is 0.788. The number of fused-ring (bicyclic) bond motifs is 1. The molecule has 1 aromatic heterocycles. The third-order valence-electron chi connectivity index (χ3n) is 2.75. The molecule has 0 saturated carbocycles. The second-order valence-corrected chi connectivity index (χ2v) is 6.14. The molecule has 0 amide bonds. The van der Waals surface area contributed by atoms with Crippen molar-refractivity contribution in [2.24, 2.45) is 5.92 Å². The van der Waals surface area contributed by atoms with Crippen LogP contribution in [0, 0.1) is 5.92 Å². The lowest BCUT2D eigenvalue weighted by molar-refractivity contribution is 0.0300. The van der Waals surface area contributed by atoms with Gasteiger partial charge in [-0.15, -0.1) is 0 Å². The van der Waals surface area contributed by atoms with Crippen molar-refractivity contribution < 1.29 is 9.53 Å². The van der Waals surface area contributed by atoms with Crippen molar-refractivity contribution in [3.63, 3.8) is 0 Å². The van der Waals surface area contributed by atoms with Crippen molar-refractivity contribution in [3.8, 4) is 0 Å². The molecule has 19 heavy (non-hydrogen) atoms. The van der Waals surface area contributed by atoms with E-state index < -0.39 is 0 Å². The number of rotatable bonds is 4. The van der Waals surface area contributed by atoms with E-state index in [1.54, 1.807) is 18.2 Å². The lowest BCUT2D eigenvalue weighted by Crippen LogP contribution is -2.16. The van der Waals surface area contributed by atoms with E-state index >= 15 is 0 Å². The number of hydrogen-bond donors (Lipinski definition) is 1. The number of carbonyl (C=O) groups is 1. The zero-order valence-corrected chi connectivity index (χ0v) is 12.2. The number of aromatic nitrogens is 1. The summed E-state index contributed by atoms with van der Waals surface area (Å²) in [5.41, 5.74) is 7.01. The lowest BCUT2D eigenvalue weighted by Gasteiger charge is -2.15. The summed E-state index contributed by atoms with van der Waals surface area (Å²) in [4.78, 5) is 16.2. The number of hydrogen-bond acceptors (Lipinski definition) is 5. The first-order chi connectivity index (χ1) is 8.95. The van der Waals surface area contributed by atoms with Crippen molar-refractivity contribution >= 4 is 32.7 Å². The Hall–Kier alpha value is -1.62. The molecule has 1 unspecified atom stereocenters. The average molecular weight is 278 g/mol. The van der Waals surface area contributed by atoms with Gasteiger partial charge in [0.25, 0.3) is 0 Å². The minimum Gasteiger partial charge on any atom is -0.459 e. The molecule has 0 aliphatic heterocycles. The largest absolute Gasteiger partial charge is 0.459 e. The summed E-state index contributed by atoms with van der Waals surface area (Å²) >= 11 is 1.37. The predicted octanol–water partition coefficient (Wildman–Crippen LogP) is 3.47. The van der Waals surface area contributed by atoms with Crippen LogP contribution in [0.25, 0.3) is 10.2 Å². The van der Waals surface area contributed by atoms with E-state index in [4.69, 9.17) is 10.5 Å². The van der Waals surface area contributed by atoms with Crippen LogP contribution in [-0.4, -0.2) is 17.1 Å². The minimum atomic E-state index is -0.290. The molecule has 1 aromatic carbocycles. The molecule has 2 N–H and O–H groups in total. The van der Waals surface area contributed by atoms with Gasteiger partial charge in [-0.3, -0.25) is 0 Å². The van der Waals surface area contributed by atoms with Crippen LogP contribution in [0.4, 0.5) is 5.13 Å². The number of ether oxygens (including phenoxy) is 1. The molecule has 4 nitrogen and oxygen atoms in total. The fourth-order valence-electron chi connectivity index (χ4n) is 2.03. The molecular formula is C14H18N2O2S. The van der Waals surface area contributed by atoms with E-state index in [1.165, 1.54) is 11.3 Å².